The zero-order valence-corrected chi connectivity index (χ0v) is 4.27. The first-order valence-corrected chi connectivity index (χ1v) is 2.39. The lowest BCUT2D eigenvalue weighted by Crippen LogP contribution is -2.10. The third-order valence-electron chi connectivity index (χ3n) is 1.37. The standard InChI is InChI=1S/C6H7O/c1-5-2-3-6(5)4-7/h2,6H,3H2,1H3. The second kappa shape index (κ2) is 1.49. The summed E-state index contributed by atoms with van der Waals surface area (Å²) in [5.41, 5.74) is 1.18. The van der Waals surface area contributed by atoms with E-state index in [0.717, 1.165) is 6.42 Å². The molecule has 0 aromatic rings. The maximum Gasteiger partial charge on any atom is 0.206 e. The predicted octanol–water partition coefficient (Wildman–Crippen LogP) is 1.06. The van der Waals surface area contributed by atoms with Crippen LogP contribution < -0.4 is 0 Å². The van der Waals surface area contributed by atoms with Gasteiger partial charge in [-0.05, 0) is 13.3 Å². The molecule has 1 rings (SSSR count). The van der Waals surface area contributed by atoms with E-state index in [-0.39, 0.29) is 5.92 Å². The van der Waals surface area contributed by atoms with Crippen LogP contribution in [0.3, 0.4) is 0 Å². The van der Waals surface area contributed by atoms with Crippen LogP contribution in [-0.2, 0) is 4.79 Å². The molecule has 7 heavy (non-hydrogen) atoms. The fourth-order valence-corrected chi connectivity index (χ4v) is 0.612. The van der Waals surface area contributed by atoms with E-state index in [4.69, 9.17) is 0 Å². The molecule has 1 aliphatic rings. The Bertz CT molecular complexity index is 113. The number of carbonyl (C=O) groups excluding carboxylic acids is 1. The highest BCUT2D eigenvalue weighted by Crippen LogP contribution is 2.23. The molecule has 0 aromatic heterocycles. The summed E-state index contributed by atoms with van der Waals surface area (Å²) in [6.45, 7) is 1.96. The van der Waals surface area contributed by atoms with Crippen molar-refractivity contribution in [1.82, 2.24) is 0 Å². The predicted molar refractivity (Wildman–Crippen MR) is 27.6 cm³/mol. The lowest BCUT2D eigenvalue weighted by Gasteiger charge is -2.15. The Morgan fingerprint density at radius 3 is 2.71 bits per heavy atom. The molecule has 37 valence electrons. The SMILES string of the molecule is CC1=CCC1[C]=O. The summed E-state index contributed by atoms with van der Waals surface area (Å²) in [5, 5.41) is 0. The van der Waals surface area contributed by atoms with Crippen molar-refractivity contribution in [1.29, 1.82) is 0 Å². The van der Waals surface area contributed by atoms with Crippen molar-refractivity contribution >= 4 is 6.29 Å². The van der Waals surface area contributed by atoms with E-state index in [1.165, 1.54) is 5.57 Å². The average molecular weight is 95.1 g/mol. The van der Waals surface area contributed by atoms with E-state index in [1.54, 1.807) is 0 Å². The van der Waals surface area contributed by atoms with Crippen LogP contribution in [0.4, 0.5) is 0 Å². The zero-order valence-electron chi connectivity index (χ0n) is 4.27. The Hall–Kier alpha value is -0.590. The summed E-state index contributed by atoms with van der Waals surface area (Å²) in [4.78, 5) is 9.83. The second-order valence-electron chi connectivity index (χ2n) is 1.85. The van der Waals surface area contributed by atoms with Crippen LogP contribution in [0.25, 0.3) is 0 Å². The van der Waals surface area contributed by atoms with E-state index >= 15 is 0 Å². The largest absolute Gasteiger partial charge is 0.290 e. The molecule has 0 aliphatic heterocycles. The minimum atomic E-state index is 0.139. The minimum Gasteiger partial charge on any atom is -0.290 e. The summed E-state index contributed by atoms with van der Waals surface area (Å²) in [5.74, 6) is 0.139. The fraction of sp³-hybridized carbons (Fsp3) is 0.500. The Balaban J connectivity index is 2.51. The number of hydrogen-bond acceptors (Lipinski definition) is 1. The van der Waals surface area contributed by atoms with Crippen LogP contribution >= 0.6 is 0 Å². The van der Waals surface area contributed by atoms with Gasteiger partial charge in [0, 0.05) is 5.92 Å². The molecule has 0 N–H and O–H groups in total. The first kappa shape index (κ1) is 4.57. The highest BCUT2D eigenvalue weighted by atomic mass is 16.1. The quantitative estimate of drug-likeness (QED) is 0.445. The van der Waals surface area contributed by atoms with Crippen molar-refractivity contribution in [2.45, 2.75) is 13.3 Å². The third kappa shape index (κ3) is 0.581. The molecule has 0 amide bonds. The Morgan fingerprint density at radius 1 is 2.00 bits per heavy atom. The van der Waals surface area contributed by atoms with Gasteiger partial charge >= 0.3 is 0 Å². The summed E-state index contributed by atoms with van der Waals surface area (Å²) in [6.07, 6.45) is 4.90. The van der Waals surface area contributed by atoms with Gasteiger partial charge in [0.1, 0.15) is 0 Å². The molecular formula is C6H7O. The van der Waals surface area contributed by atoms with Gasteiger partial charge < -0.3 is 0 Å². The normalized spacial score (nSPS) is 28.1. The monoisotopic (exact) mass is 95.0 g/mol. The van der Waals surface area contributed by atoms with Crippen LogP contribution in [0.1, 0.15) is 13.3 Å². The second-order valence-corrected chi connectivity index (χ2v) is 1.85. The fourth-order valence-electron chi connectivity index (χ4n) is 0.612. The molecule has 0 aromatic carbocycles. The van der Waals surface area contributed by atoms with Gasteiger partial charge in [-0.3, -0.25) is 4.79 Å². The lowest BCUT2D eigenvalue weighted by atomic mass is 9.88. The molecule has 1 atom stereocenters. The molecule has 0 saturated heterocycles. The van der Waals surface area contributed by atoms with Gasteiger partial charge in [0.15, 0.2) is 0 Å². The van der Waals surface area contributed by atoms with Crippen LogP contribution in [0, 0.1) is 5.92 Å². The van der Waals surface area contributed by atoms with Crippen molar-refractivity contribution < 1.29 is 4.79 Å². The van der Waals surface area contributed by atoms with Crippen molar-refractivity contribution in [3.8, 4) is 0 Å². The molecule has 1 heteroatoms. The number of hydrogen-bond donors (Lipinski definition) is 0. The Labute approximate surface area is 43.0 Å². The van der Waals surface area contributed by atoms with E-state index < -0.39 is 0 Å². The van der Waals surface area contributed by atoms with Crippen molar-refractivity contribution in [2.24, 2.45) is 5.92 Å². The van der Waals surface area contributed by atoms with E-state index in [2.05, 4.69) is 6.08 Å². The maximum atomic E-state index is 9.83. The molecule has 0 saturated carbocycles. The van der Waals surface area contributed by atoms with Gasteiger partial charge in [-0.15, -0.1) is 0 Å². The average Bonchev–Trinajstić information content (AvgIpc) is 1.65. The topological polar surface area (TPSA) is 17.1 Å². The smallest absolute Gasteiger partial charge is 0.206 e. The van der Waals surface area contributed by atoms with Crippen LogP contribution in [0.2, 0.25) is 0 Å². The van der Waals surface area contributed by atoms with Crippen LogP contribution in [0.5, 0.6) is 0 Å². The minimum absolute atomic E-state index is 0.139. The number of rotatable bonds is 1. The van der Waals surface area contributed by atoms with Gasteiger partial charge in [-0.25, -0.2) is 0 Å². The molecule has 1 unspecified atom stereocenters. The zero-order chi connectivity index (χ0) is 5.28. The molecular weight excluding hydrogens is 88.1 g/mol. The maximum absolute atomic E-state index is 9.83. The van der Waals surface area contributed by atoms with Crippen molar-refractivity contribution in [2.75, 3.05) is 0 Å². The number of allylic oxidation sites excluding steroid dienone is 2. The van der Waals surface area contributed by atoms with Crippen molar-refractivity contribution in [3.63, 3.8) is 0 Å². The highest BCUT2D eigenvalue weighted by Gasteiger charge is 2.15. The first-order chi connectivity index (χ1) is 3.34. The molecule has 0 fully saturated rings. The van der Waals surface area contributed by atoms with E-state index in [0.29, 0.717) is 0 Å². The molecule has 0 heterocycles. The van der Waals surface area contributed by atoms with E-state index in [1.807, 2.05) is 13.2 Å². The van der Waals surface area contributed by atoms with Gasteiger partial charge in [-0.1, -0.05) is 11.6 Å². The molecule has 0 spiro atoms. The Morgan fingerprint density at radius 2 is 2.71 bits per heavy atom. The third-order valence-corrected chi connectivity index (χ3v) is 1.37. The highest BCUT2D eigenvalue weighted by molar-refractivity contribution is 5.62. The van der Waals surface area contributed by atoms with Crippen molar-refractivity contribution in [3.05, 3.63) is 11.6 Å². The molecule has 1 aliphatic carbocycles. The molecule has 0 bridgehead atoms. The van der Waals surface area contributed by atoms with Gasteiger partial charge in [0.2, 0.25) is 6.29 Å². The summed E-state index contributed by atoms with van der Waals surface area (Å²) >= 11 is 0. The summed E-state index contributed by atoms with van der Waals surface area (Å²) in [7, 11) is 0. The van der Waals surface area contributed by atoms with Crippen LogP contribution in [-0.4, -0.2) is 6.29 Å². The van der Waals surface area contributed by atoms with Gasteiger partial charge in [0.25, 0.3) is 0 Å². The first-order valence-electron chi connectivity index (χ1n) is 2.39. The molecule has 1 nitrogen and oxygen atoms in total. The van der Waals surface area contributed by atoms with E-state index in [9.17, 15) is 4.79 Å². The summed E-state index contributed by atoms with van der Waals surface area (Å²) < 4.78 is 0. The Kier molecular flexibility index (Phi) is 0.970. The lowest BCUT2D eigenvalue weighted by molar-refractivity contribution is 0.526. The van der Waals surface area contributed by atoms with Gasteiger partial charge in [0.05, 0.1) is 0 Å². The summed E-state index contributed by atoms with van der Waals surface area (Å²) in [6, 6.07) is 0. The van der Waals surface area contributed by atoms with Crippen LogP contribution in [0.15, 0.2) is 11.6 Å². The van der Waals surface area contributed by atoms with Gasteiger partial charge in [-0.2, -0.15) is 0 Å². The molecule has 1 radical (unpaired) electrons.